The van der Waals surface area contributed by atoms with Crippen molar-refractivity contribution in [2.24, 2.45) is 0 Å². The van der Waals surface area contributed by atoms with Crippen molar-refractivity contribution in [3.8, 4) is 0 Å². The first-order chi connectivity index (χ1) is 8.00. The molecule has 1 aliphatic rings. The predicted octanol–water partition coefficient (Wildman–Crippen LogP) is 1.60. The average molecular weight is 232 g/mol. The highest BCUT2D eigenvalue weighted by Gasteiger charge is 2.41. The standard InChI is InChI=1S/C13H12O4/c1-9-11(14)16-13(2,17-12(9)15)8-10-6-4-3-5-7-10/h3-7H,1,8H2,2H3. The van der Waals surface area contributed by atoms with Crippen LogP contribution >= 0.6 is 0 Å². The Hall–Kier alpha value is -2.10. The van der Waals surface area contributed by atoms with Gasteiger partial charge in [0, 0.05) is 13.3 Å². The molecule has 0 amide bonds. The largest absolute Gasteiger partial charge is 0.419 e. The van der Waals surface area contributed by atoms with Crippen LogP contribution in [0.3, 0.4) is 0 Å². The van der Waals surface area contributed by atoms with E-state index in [1.165, 1.54) is 0 Å². The molecule has 17 heavy (non-hydrogen) atoms. The molecule has 1 aliphatic heterocycles. The number of ether oxygens (including phenoxy) is 2. The predicted molar refractivity (Wildman–Crippen MR) is 59.9 cm³/mol. The molecule has 1 aromatic carbocycles. The Morgan fingerprint density at radius 3 is 2.18 bits per heavy atom. The van der Waals surface area contributed by atoms with E-state index < -0.39 is 17.7 Å². The highest BCUT2D eigenvalue weighted by atomic mass is 16.7. The lowest BCUT2D eigenvalue weighted by Gasteiger charge is -2.33. The summed E-state index contributed by atoms with van der Waals surface area (Å²) in [4.78, 5) is 22.8. The first kappa shape index (κ1) is 11.4. The summed E-state index contributed by atoms with van der Waals surface area (Å²) in [6.45, 7) is 4.86. The summed E-state index contributed by atoms with van der Waals surface area (Å²) in [6.07, 6.45) is 0.318. The lowest BCUT2D eigenvalue weighted by Crippen LogP contribution is -2.45. The van der Waals surface area contributed by atoms with E-state index in [1.54, 1.807) is 6.92 Å². The average Bonchev–Trinajstić information content (AvgIpc) is 2.27. The Labute approximate surface area is 98.8 Å². The molecule has 88 valence electrons. The van der Waals surface area contributed by atoms with E-state index in [1.807, 2.05) is 30.3 Å². The van der Waals surface area contributed by atoms with Crippen LogP contribution in [0.1, 0.15) is 12.5 Å². The molecule has 1 heterocycles. The Kier molecular flexibility index (Phi) is 2.71. The maximum absolute atomic E-state index is 11.4. The van der Waals surface area contributed by atoms with Gasteiger partial charge in [-0.25, -0.2) is 9.59 Å². The lowest BCUT2D eigenvalue weighted by molar-refractivity contribution is -0.228. The molecule has 1 saturated heterocycles. The van der Waals surface area contributed by atoms with Gasteiger partial charge in [0.15, 0.2) is 0 Å². The maximum atomic E-state index is 11.4. The lowest BCUT2D eigenvalue weighted by atomic mass is 10.1. The molecular formula is C13H12O4. The number of rotatable bonds is 2. The number of cyclic esters (lactones) is 2. The quantitative estimate of drug-likeness (QED) is 0.441. The number of hydrogen-bond acceptors (Lipinski definition) is 4. The first-order valence-electron chi connectivity index (χ1n) is 5.20. The van der Waals surface area contributed by atoms with Crippen LogP contribution in [0.2, 0.25) is 0 Å². The second-order valence-corrected chi connectivity index (χ2v) is 4.05. The highest BCUT2D eigenvalue weighted by Crippen LogP contribution is 2.26. The zero-order valence-electron chi connectivity index (χ0n) is 9.43. The fraction of sp³-hybridized carbons (Fsp3) is 0.231. The molecule has 0 aromatic heterocycles. The smallest absolute Gasteiger partial charge is 0.348 e. The summed E-state index contributed by atoms with van der Waals surface area (Å²) < 4.78 is 10.2. The Bertz CT molecular complexity index is 455. The van der Waals surface area contributed by atoms with Gasteiger partial charge in [-0.05, 0) is 5.56 Å². The van der Waals surface area contributed by atoms with Crippen molar-refractivity contribution in [2.75, 3.05) is 0 Å². The molecule has 0 radical (unpaired) electrons. The van der Waals surface area contributed by atoms with Crippen LogP contribution < -0.4 is 0 Å². The van der Waals surface area contributed by atoms with Crippen molar-refractivity contribution in [1.82, 2.24) is 0 Å². The molecule has 0 bridgehead atoms. The molecule has 4 nitrogen and oxygen atoms in total. The zero-order valence-corrected chi connectivity index (χ0v) is 9.43. The van der Waals surface area contributed by atoms with E-state index in [0.717, 1.165) is 5.56 Å². The number of benzene rings is 1. The van der Waals surface area contributed by atoms with Gasteiger partial charge < -0.3 is 9.47 Å². The third-order valence-corrected chi connectivity index (χ3v) is 2.48. The van der Waals surface area contributed by atoms with Crippen molar-refractivity contribution < 1.29 is 19.1 Å². The fourth-order valence-corrected chi connectivity index (χ4v) is 1.66. The normalized spacial score (nSPS) is 18.5. The second-order valence-electron chi connectivity index (χ2n) is 4.05. The molecule has 1 fully saturated rings. The minimum Gasteiger partial charge on any atom is -0.419 e. The molecule has 0 saturated carbocycles. The summed E-state index contributed by atoms with van der Waals surface area (Å²) in [6, 6.07) is 9.35. The summed E-state index contributed by atoms with van der Waals surface area (Å²) in [7, 11) is 0. The van der Waals surface area contributed by atoms with Crippen LogP contribution in [0, 0.1) is 0 Å². The van der Waals surface area contributed by atoms with Crippen molar-refractivity contribution >= 4 is 11.9 Å². The van der Waals surface area contributed by atoms with Crippen molar-refractivity contribution in [2.45, 2.75) is 19.1 Å². The summed E-state index contributed by atoms with van der Waals surface area (Å²) >= 11 is 0. The molecule has 4 heteroatoms. The van der Waals surface area contributed by atoms with Crippen molar-refractivity contribution in [3.05, 3.63) is 48.0 Å². The molecule has 2 rings (SSSR count). The van der Waals surface area contributed by atoms with Gasteiger partial charge >= 0.3 is 11.9 Å². The van der Waals surface area contributed by atoms with E-state index in [-0.39, 0.29) is 5.57 Å². The van der Waals surface area contributed by atoms with E-state index in [9.17, 15) is 9.59 Å². The molecule has 0 N–H and O–H groups in total. The zero-order chi connectivity index (χ0) is 12.5. The number of esters is 2. The van der Waals surface area contributed by atoms with E-state index >= 15 is 0 Å². The van der Waals surface area contributed by atoms with Gasteiger partial charge in [0.25, 0.3) is 5.79 Å². The molecule has 0 spiro atoms. The molecule has 0 atom stereocenters. The maximum Gasteiger partial charge on any atom is 0.348 e. The molecule has 0 unspecified atom stereocenters. The van der Waals surface area contributed by atoms with Crippen LogP contribution in [-0.4, -0.2) is 17.7 Å². The van der Waals surface area contributed by atoms with Gasteiger partial charge in [-0.1, -0.05) is 36.9 Å². The summed E-state index contributed by atoms with van der Waals surface area (Å²) in [5.41, 5.74) is 0.652. The van der Waals surface area contributed by atoms with E-state index in [2.05, 4.69) is 6.58 Å². The number of hydrogen-bond donors (Lipinski definition) is 0. The number of carbonyl (C=O) groups excluding carboxylic acids is 2. The molecular weight excluding hydrogens is 220 g/mol. The molecule has 1 aromatic rings. The van der Waals surface area contributed by atoms with Gasteiger partial charge in [-0.3, -0.25) is 0 Å². The fourth-order valence-electron chi connectivity index (χ4n) is 1.66. The van der Waals surface area contributed by atoms with Crippen LogP contribution in [-0.2, 0) is 25.5 Å². The third-order valence-electron chi connectivity index (χ3n) is 2.48. The van der Waals surface area contributed by atoms with Crippen molar-refractivity contribution in [1.29, 1.82) is 0 Å². The SMILES string of the molecule is C=C1C(=O)OC(C)(Cc2ccccc2)OC1=O. The van der Waals surface area contributed by atoms with Crippen LogP contribution in [0.4, 0.5) is 0 Å². The van der Waals surface area contributed by atoms with Crippen LogP contribution in [0.5, 0.6) is 0 Å². The Balaban J connectivity index is 2.18. The van der Waals surface area contributed by atoms with E-state index in [4.69, 9.17) is 9.47 Å². The van der Waals surface area contributed by atoms with Gasteiger partial charge in [-0.15, -0.1) is 0 Å². The monoisotopic (exact) mass is 232 g/mol. The minimum absolute atomic E-state index is 0.268. The van der Waals surface area contributed by atoms with Gasteiger partial charge in [0.1, 0.15) is 5.57 Å². The van der Waals surface area contributed by atoms with Crippen molar-refractivity contribution in [3.63, 3.8) is 0 Å². The van der Waals surface area contributed by atoms with Gasteiger partial charge in [-0.2, -0.15) is 0 Å². The highest BCUT2D eigenvalue weighted by molar-refractivity contribution is 6.14. The van der Waals surface area contributed by atoms with Gasteiger partial charge in [0.2, 0.25) is 0 Å². The van der Waals surface area contributed by atoms with Crippen LogP contribution in [0.15, 0.2) is 42.5 Å². The number of carbonyl (C=O) groups is 2. The Morgan fingerprint density at radius 1 is 1.12 bits per heavy atom. The minimum atomic E-state index is -1.25. The third kappa shape index (κ3) is 2.36. The molecule has 0 aliphatic carbocycles. The van der Waals surface area contributed by atoms with Crippen LogP contribution in [0.25, 0.3) is 0 Å². The Morgan fingerprint density at radius 2 is 1.65 bits per heavy atom. The van der Waals surface area contributed by atoms with Gasteiger partial charge in [0.05, 0.1) is 0 Å². The van der Waals surface area contributed by atoms with E-state index in [0.29, 0.717) is 6.42 Å². The summed E-state index contributed by atoms with van der Waals surface area (Å²) in [5, 5.41) is 0. The topological polar surface area (TPSA) is 52.6 Å². The first-order valence-corrected chi connectivity index (χ1v) is 5.20. The second kappa shape index (κ2) is 4.05. The summed E-state index contributed by atoms with van der Waals surface area (Å²) in [5.74, 6) is -2.70.